The van der Waals surface area contributed by atoms with Crippen molar-refractivity contribution < 1.29 is 29.0 Å². The number of ether oxygens (including phenoxy) is 2. The van der Waals surface area contributed by atoms with E-state index in [4.69, 9.17) is 9.47 Å². The molecule has 0 saturated carbocycles. The van der Waals surface area contributed by atoms with E-state index in [1.54, 1.807) is 26.0 Å². The number of carboxylic acid groups (broad SMARTS) is 1. The van der Waals surface area contributed by atoms with Crippen LogP contribution < -0.4 is 0 Å². The van der Waals surface area contributed by atoms with E-state index >= 15 is 0 Å². The molecule has 0 fully saturated rings. The quantitative estimate of drug-likeness (QED) is 0.570. The Morgan fingerprint density at radius 1 is 1.20 bits per heavy atom. The van der Waals surface area contributed by atoms with Crippen LogP contribution in [0.4, 0.5) is 0 Å². The number of halogens is 1. The van der Waals surface area contributed by atoms with Crippen molar-refractivity contribution in [1.82, 2.24) is 0 Å². The molecule has 1 aromatic rings. The lowest BCUT2D eigenvalue weighted by atomic mass is 9.66. The number of rotatable bonds is 6. The minimum Gasteiger partial charge on any atom is -0.480 e. The smallest absolute Gasteiger partial charge is 0.335 e. The van der Waals surface area contributed by atoms with Gasteiger partial charge in [-0.1, -0.05) is 22.0 Å². The average Bonchev–Trinajstić information content (AvgIpc) is 2.55. The number of aliphatic carboxylic acids is 1. The summed E-state index contributed by atoms with van der Waals surface area (Å²) >= 11 is 3.40. The molecule has 0 spiro atoms. The van der Waals surface area contributed by atoms with Gasteiger partial charge in [0, 0.05) is 10.4 Å². The summed E-state index contributed by atoms with van der Waals surface area (Å²) < 4.78 is 10.9. The summed E-state index contributed by atoms with van der Waals surface area (Å²) in [5.41, 5.74) is -0.794. The van der Waals surface area contributed by atoms with Gasteiger partial charge in [-0.3, -0.25) is 14.4 Å². The first kappa shape index (κ1) is 19.4. The Kier molecular flexibility index (Phi) is 6.21. The second-order valence-corrected chi connectivity index (χ2v) is 6.76. The van der Waals surface area contributed by atoms with Gasteiger partial charge >= 0.3 is 17.9 Å². The zero-order valence-corrected chi connectivity index (χ0v) is 15.8. The maximum absolute atomic E-state index is 12.7. The van der Waals surface area contributed by atoms with Crippen molar-refractivity contribution in [2.75, 3.05) is 13.2 Å². The lowest BCUT2D eigenvalue weighted by Gasteiger charge is -2.36. The number of hydrogen-bond acceptors (Lipinski definition) is 5. The number of carbonyl (C=O) groups excluding carboxylic acids is 2. The lowest BCUT2D eigenvalue weighted by Crippen LogP contribution is -2.53. The summed E-state index contributed by atoms with van der Waals surface area (Å²) in [5.74, 6) is -4.51. The van der Waals surface area contributed by atoms with Crippen molar-refractivity contribution in [1.29, 1.82) is 0 Å². The van der Waals surface area contributed by atoms with Crippen molar-refractivity contribution in [2.24, 2.45) is 5.41 Å². The van der Waals surface area contributed by atoms with Crippen molar-refractivity contribution in [3.8, 4) is 0 Å². The monoisotopic (exact) mass is 412 g/mol. The number of carbonyl (C=O) groups is 3. The van der Waals surface area contributed by atoms with Crippen LogP contribution in [0.5, 0.6) is 0 Å². The van der Waals surface area contributed by atoms with Crippen LogP contribution in [0.2, 0.25) is 0 Å². The number of fused-ring (bicyclic) bond motifs is 1. The Balaban J connectivity index is 2.66. The van der Waals surface area contributed by atoms with E-state index in [-0.39, 0.29) is 13.2 Å². The fraction of sp³-hybridized carbons (Fsp3) is 0.500. The molecule has 25 heavy (non-hydrogen) atoms. The summed E-state index contributed by atoms with van der Waals surface area (Å²) in [4.78, 5) is 37.6. The highest BCUT2D eigenvalue weighted by molar-refractivity contribution is 9.10. The summed E-state index contributed by atoms with van der Waals surface area (Å²) in [6.07, 6.45) is 1.81. The van der Waals surface area contributed by atoms with Crippen LogP contribution in [-0.4, -0.2) is 36.2 Å². The van der Waals surface area contributed by atoms with Gasteiger partial charge in [-0.25, -0.2) is 0 Å². The molecule has 1 aliphatic carbocycles. The molecule has 6 nitrogen and oxygen atoms in total. The third-order valence-corrected chi connectivity index (χ3v) is 4.97. The molecular formula is C18H21BrO6. The highest BCUT2D eigenvalue weighted by atomic mass is 79.9. The van der Waals surface area contributed by atoms with Gasteiger partial charge < -0.3 is 14.6 Å². The molecule has 0 amide bonds. The van der Waals surface area contributed by atoms with Crippen LogP contribution in [0.25, 0.3) is 0 Å². The minimum atomic E-state index is -2.39. The molecule has 0 heterocycles. The minimum absolute atomic E-state index is 0.0207. The standard InChI is InChI=1S/C18H21BrO6/c1-3-24-16(22)18(15(20)21,17(23)25-4-2)14-7-5-6-11-10-12(19)8-9-13(11)14/h8-10,14H,3-7H2,1-2H3,(H,20,21). The van der Waals surface area contributed by atoms with E-state index in [0.717, 1.165) is 16.5 Å². The Morgan fingerprint density at radius 2 is 1.80 bits per heavy atom. The zero-order chi connectivity index (χ0) is 18.6. The largest absolute Gasteiger partial charge is 0.480 e. The highest BCUT2D eigenvalue weighted by Gasteiger charge is 2.62. The second-order valence-electron chi connectivity index (χ2n) is 5.84. The molecule has 2 rings (SSSR count). The van der Waals surface area contributed by atoms with Crippen LogP contribution in [0.1, 0.15) is 43.7 Å². The summed E-state index contributed by atoms with van der Waals surface area (Å²) in [6, 6.07) is 5.43. The van der Waals surface area contributed by atoms with Gasteiger partial charge in [0.15, 0.2) is 0 Å². The van der Waals surface area contributed by atoms with Gasteiger partial charge in [-0.15, -0.1) is 0 Å². The molecular weight excluding hydrogens is 392 g/mol. The van der Waals surface area contributed by atoms with E-state index in [0.29, 0.717) is 18.4 Å². The Hall–Kier alpha value is -1.89. The molecule has 0 aliphatic heterocycles. The maximum Gasteiger partial charge on any atom is 0.335 e. The zero-order valence-electron chi connectivity index (χ0n) is 14.2. The summed E-state index contributed by atoms with van der Waals surface area (Å²) in [7, 11) is 0. The molecule has 1 unspecified atom stereocenters. The fourth-order valence-corrected chi connectivity index (χ4v) is 3.82. The Morgan fingerprint density at radius 3 is 2.32 bits per heavy atom. The van der Waals surface area contributed by atoms with Crippen LogP contribution in [-0.2, 0) is 30.3 Å². The van der Waals surface area contributed by atoms with Gasteiger partial charge in [0.05, 0.1) is 13.2 Å². The van der Waals surface area contributed by atoms with Gasteiger partial charge in [-0.05, 0) is 56.4 Å². The molecule has 0 saturated heterocycles. The van der Waals surface area contributed by atoms with E-state index in [9.17, 15) is 19.5 Å². The Bertz CT molecular complexity index is 666. The van der Waals surface area contributed by atoms with Crippen molar-refractivity contribution >= 4 is 33.8 Å². The van der Waals surface area contributed by atoms with Gasteiger partial charge in [0.25, 0.3) is 5.41 Å². The first-order valence-corrected chi connectivity index (χ1v) is 9.04. The normalized spacial score (nSPS) is 16.7. The SMILES string of the molecule is CCOC(=O)C(C(=O)O)(C(=O)OCC)C1CCCc2cc(Br)ccc21. The van der Waals surface area contributed by atoms with Crippen molar-refractivity contribution in [2.45, 2.75) is 39.0 Å². The second kappa shape index (κ2) is 7.99. The third kappa shape index (κ3) is 3.42. The van der Waals surface area contributed by atoms with E-state index in [2.05, 4.69) is 15.9 Å². The number of esters is 2. The van der Waals surface area contributed by atoms with Crippen molar-refractivity contribution in [3.05, 3.63) is 33.8 Å². The number of aryl methyl sites for hydroxylation is 1. The number of carboxylic acids is 1. The third-order valence-electron chi connectivity index (χ3n) is 4.47. The number of benzene rings is 1. The van der Waals surface area contributed by atoms with Crippen LogP contribution in [0.15, 0.2) is 22.7 Å². The van der Waals surface area contributed by atoms with E-state index in [1.165, 1.54) is 0 Å². The molecule has 0 radical (unpaired) electrons. The topological polar surface area (TPSA) is 89.9 Å². The van der Waals surface area contributed by atoms with Gasteiger partial charge in [0.2, 0.25) is 0 Å². The molecule has 1 atom stereocenters. The van der Waals surface area contributed by atoms with E-state index < -0.39 is 29.2 Å². The molecule has 0 aromatic heterocycles. The maximum atomic E-state index is 12.7. The van der Waals surface area contributed by atoms with E-state index in [1.807, 2.05) is 6.07 Å². The summed E-state index contributed by atoms with van der Waals surface area (Å²) in [5, 5.41) is 9.94. The molecule has 1 aromatic carbocycles. The fourth-order valence-electron chi connectivity index (χ4n) is 3.41. The van der Waals surface area contributed by atoms with Gasteiger partial charge in [0.1, 0.15) is 0 Å². The van der Waals surface area contributed by atoms with Crippen LogP contribution in [0.3, 0.4) is 0 Å². The average molecular weight is 413 g/mol. The number of hydrogen-bond donors (Lipinski definition) is 1. The Labute approximate surface area is 154 Å². The lowest BCUT2D eigenvalue weighted by molar-refractivity contribution is -0.183. The summed E-state index contributed by atoms with van der Waals surface area (Å²) in [6.45, 7) is 3.10. The molecule has 136 valence electrons. The molecule has 1 aliphatic rings. The highest BCUT2D eigenvalue weighted by Crippen LogP contribution is 2.46. The first-order valence-electron chi connectivity index (χ1n) is 8.25. The predicted octanol–water partition coefficient (Wildman–Crippen LogP) is 3.07. The van der Waals surface area contributed by atoms with Crippen LogP contribution in [0, 0.1) is 5.41 Å². The van der Waals surface area contributed by atoms with Crippen LogP contribution >= 0.6 is 15.9 Å². The van der Waals surface area contributed by atoms with Gasteiger partial charge in [-0.2, -0.15) is 0 Å². The molecule has 7 heteroatoms. The first-order chi connectivity index (χ1) is 11.9. The predicted molar refractivity (Wildman–Crippen MR) is 93.2 cm³/mol. The molecule has 1 N–H and O–H groups in total. The van der Waals surface area contributed by atoms with Crippen molar-refractivity contribution in [3.63, 3.8) is 0 Å². The molecule has 0 bridgehead atoms.